The first-order valence-corrected chi connectivity index (χ1v) is 8.53. The molecule has 3 nitrogen and oxygen atoms in total. The maximum Gasteiger partial charge on any atom is 0.230 e. The number of rotatable bonds is 7. The highest BCUT2D eigenvalue weighted by atomic mass is 35.5. The topological polar surface area (TPSA) is 38.3 Å². The van der Waals surface area contributed by atoms with Crippen molar-refractivity contribution in [3.8, 4) is 5.75 Å². The zero-order chi connectivity index (χ0) is 14.2. The summed E-state index contributed by atoms with van der Waals surface area (Å²) in [5.74, 6) is 2.28. The van der Waals surface area contributed by atoms with Gasteiger partial charge in [-0.15, -0.1) is 11.8 Å². The fourth-order valence-corrected chi connectivity index (χ4v) is 2.99. The van der Waals surface area contributed by atoms with E-state index in [-0.39, 0.29) is 5.91 Å². The Labute approximate surface area is 129 Å². The zero-order valence-corrected chi connectivity index (χ0v) is 13.0. The van der Waals surface area contributed by atoms with Crippen molar-refractivity contribution >= 4 is 29.3 Å². The Balaban J connectivity index is 1.52. The van der Waals surface area contributed by atoms with Gasteiger partial charge in [-0.1, -0.05) is 24.4 Å². The molecule has 1 aliphatic rings. The van der Waals surface area contributed by atoms with Gasteiger partial charge in [0.05, 0.1) is 12.4 Å². The number of carbonyl (C=O) groups excluding carboxylic acids is 1. The summed E-state index contributed by atoms with van der Waals surface area (Å²) in [7, 11) is 0. The number of benzene rings is 1. The van der Waals surface area contributed by atoms with Crippen LogP contribution in [0.1, 0.15) is 25.7 Å². The normalized spacial score (nSPS) is 15.2. The predicted octanol–water partition coefficient (Wildman–Crippen LogP) is 3.51. The first-order chi connectivity index (χ1) is 9.74. The second kappa shape index (κ2) is 8.42. The summed E-state index contributed by atoms with van der Waals surface area (Å²) in [6, 6.07) is 7.71. The van der Waals surface area contributed by atoms with Crippen LogP contribution in [0.2, 0.25) is 5.02 Å². The van der Waals surface area contributed by atoms with E-state index in [0.29, 0.717) is 23.4 Å². The van der Waals surface area contributed by atoms with E-state index in [1.165, 1.54) is 12.8 Å². The average molecular weight is 314 g/mol. The molecule has 0 unspecified atom stereocenters. The van der Waals surface area contributed by atoms with Crippen LogP contribution in [0, 0.1) is 0 Å². The number of carbonyl (C=O) groups is 1. The van der Waals surface area contributed by atoms with Crippen LogP contribution < -0.4 is 10.1 Å². The Morgan fingerprint density at radius 2 is 2.00 bits per heavy atom. The van der Waals surface area contributed by atoms with Crippen molar-refractivity contribution in [3.05, 3.63) is 29.3 Å². The molecule has 20 heavy (non-hydrogen) atoms. The SMILES string of the molecule is O=C(CSCCOc1ccc(Cl)cc1)NC1CCCC1. The lowest BCUT2D eigenvalue weighted by molar-refractivity contribution is -0.119. The number of nitrogens with one attached hydrogen (secondary N) is 1. The standard InChI is InChI=1S/C15H20ClNO2S/c16-12-5-7-14(8-6-12)19-9-10-20-11-15(18)17-13-3-1-2-4-13/h5-8,13H,1-4,9-11H2,(H,17,18). The highest BCUT2D eigenvalue weighted by Crippen LogP contribution is 2.18. The van der Waals surface area contributed by atoms with E-state index in [0.717, 1.165) is 24.3 Å². The van der Waals surface area contributed by atoms with E-state index in [1.807, 2.05) is 12.1 Å². The Morgan fingerprint density at radius 1 is 1.30 bits per heavy atom. The van der Waals surface area contributed by atoms with E-state index >= 15 is 0 Å². The molecule has 0 bridgehead atoms. The van der Waals surface area contributed by atoms with E-state index in [9.17, 15) is 4.79 Å². The van der Waals surface area contributed by atoms with Crippen LogP contribution in [0.15, 0.2) is 24.3 Å². The van der Waals surface area contributed by atoms with Crippen molar-refractivity contribution in [2.45, 2.75) is 31.7 Å². The van der Waals surface area contributed by atoms with Gasteiger partial charge < -0.3 is 10.1 Å². The molecule has 110 valence electrons. The highest BCUT2D eigenvalue weighted by Gasteiger charge is 2.16. The summed E-state index contributed by atoms with van der Waals surface area (Å²) < 4.78 is 5.57. The monoisotopic (exact) mass is 313 g/mol. The zero-order valence-electron chi connectivity index (χ0n) is 11.4. The van der Waals surface area contributed by atoms with Crippen LogP contribution in [0.25, 0.3) is 0 Å². The third-order valence-corrected chi connectivity index (χ3v) is 4.44. The van der Waals surface area contributed by atoms with Crippen molar-refractivity contribution in [1.29, 1.82) is 0 Å². The molecule has 1 fully saturated rings. The second-order valence-corrected chi connectivity index (χ2v) is 6.45. The molecule has 0 atom stereocenters. The van der Waals surface area contributed by atoms with Gasteiger partial charge in [0, 0.05) is 16.8 Å². The summed E-state index contributed by atoms with van der Waals surface area (Å²) in [5.41, 5.74) is 0. The molecule has 1 amide bonds. The number of hydrogen-bond donors (Lipinski definition) is 1. The largest absolute Gasteiger partial charge is 0.493 e. The van der Waals surface area contributed by atoms with Gasteiger partial charge in [-0.05, 0) is 37.1 Å². The molecular formula is C15H20ClNO2S. The molecule has 0 aromatic heterocycles. The van der Waals surface area contributed by atoms with Crippen LogP contribution in [0.4, 0.5) is 0 Å². The number of hydrogen-bond acceptors (Lipinski definition) is 3. The van der Waals surface area contributed by atoms with Gasteiger partial charge in [-0.3, -0.25) is 4.79 Å². The maximum atomic E-state index is 11.7. The molecule has 1 aromatic rings. The third kappa shape index (κ3) is 5.63. The van der Waals surface area contributed by atoms with Crippen molar-refractivity contribution in [2.75, 3.05) is 18.1 Å². The van der Waals surface area contributed by atoms with E-state index < -0.39 is 0 Å². The van der Waals surface area contributed by atoms with Gasteiger partial charge in [0.25, 0.3) is 0 Å². The van der Waals surface area contributed by atoms with Crippen LogP contribution >= 0.6 is 23.4 Å². The lowest BCUT2D eigenvalue weighted by atomic mass is 10.2. The molecular weight excluding hydrogens is 294 g/mol. The van der Waals surface area contributed by atoms with Crippen LogP contribution in [0.5, 0.6) is 5.75 Å². The number of halogens is 1. The van der Waals surface area contributed by atoms with Crippen LogP contribution in [0.3, 0.4) is 0 Å². The van der Waals surface area contributed by atoms with Gasteiger partial charge in [-0.2, -0.15) is 0 Å². The minimum Gasteiger partial charge on any atom is -0.493 e. The number of ether oxygens (including phenoxy) is 1. The van der Waals surface area contributed by atoms with Crippen LogP contribution in [-0.4, -0.2) is 30.1 Å². The number of amides is 1. The van der Waals surface area contributed by atoms with Crippen molar-refractivity contribution < 1.29 is 9.53 Å². The molecule has 2 rings (SSSR count). The molecule has 1 N–H and O–H groups in total. The number of thioether (sulfide) groups is 1. The van der Waals surface area contributed by atoms with Gasteiger partial charge in [0.2, 0.25) is 5.91 Å². The van der Waals surface area contributed by atoms with Gasteiger partial charge in [-0.25, -0.2) is 0 Å². The first kappa shape index (κ1) is 15.5. The van der Waals surface area contributed by atoms with Gasteiger partial charge >= 0.3 is 0 Å². The Bertz CT molecular complexity index is 418. The molecule has 0 aliphatic heterocycles. The summed E-state index contributed by atoms with van der Waals surface area (Å²) in [5, 5.41) is 3.78. The van der Waals surface area contributed by atoms with E-state index in [1.54, 1.807) is 23.9 Å². The highest BCUT2D eigenvalue weighted by molar-refractivity contribution is 7.99. The maximum absolute atomic E-state index is 11.7. The molecule has 0 heterocycles. The minimum atomic E-state index is 0.147. The first-order valence-electron chi connectivity index (χ1n) is 6.99. The molecule has 0 saturated heterocycles. The van der Waals surface area contributed by atoms with Gasteiger partial charge in [0.15, 0.2) is 0 Å². The molecule has 1 saturated carbocycles. The summed E-state index contributed by atoms with van der Waals surface area (Å²) in [6.07, 6.45) is 4.76. The molecule has 1 aromatic carbocycles. The third-order valence-electron chi connectivity index (χ3n) is 3.26. The van der Waals surface area contributed by atoms with E-state index in [4.69, 9.17) is 16.3 Å². The Morgan fingerprint density at radius 3 is 2.70 bits per heavy atom. The fraction of sp³-hybridized carbons (Fsp3) is 0.533. The predicted molar refractivity (Wildman–Crippen MR) is 84.7 cm³/mol. The van der Waals surface area contributed by atoms with E-state index in [2.05, 4.69) is 5.32 Å². The van der Waals surface area contributed by atoms with Crippen LogP contribution in [-0.2, 0) is 4.79 Å². The average Bonchev–Trinajstić information content (AvgIpc) is 2.93. The quantitative estimate of drug-likeness (QED) is 0.783. The summed E-state index contributed by atoms with van der Waals surface area (Å²) in [4.78, 5) is 11.7. The fourth-order valence-electron chi connectivity index (χ4n) is 2.25. The summed E-state index contributed by atoms with van der Waals surface area (Å²) >= 11 is 7.40. The minimum absolute atomic E-state index is 0.147. The lowest BCUT2D eigenvalue weighted by Crippen LogP contribution is -2.34. The Kier molecular flexibility index (Phi) is 6.54. The lowest BCUT2D eigenvalue weighted by Gasteiger charge is -2.11. The molecule has 1 aliphatic carbocycles. The van der Waals surface area contributed by atoms with Gasteiger partial charge in [0.1, 0.15) is 5.75 Å². The molecule has 5 heteroatoms. The van der Waals surface area contributed by atoms with Crippen molar-refractivity contribution in [3.63, 3.8) is 0 Å². The summed E-state index contributed by atoms with van der Waals surface area (Å²) in [6.45, 7) is 0.600. The second-order valence-electron chi connectivity index (χ2n) is 4.90. The Hall–Kier alpha value is -0.870. The smallest absolute Gasteiger partial charge is 0.230 e. The molecule has 0 radical (unpaired) electrons. The van der Waals surface area contributed by atoms with Crippen molar-refractivity contribution in [1.82, 2.24) is 5.32 Å². The molecule has 0 spiro atoms. The van der Waals surface area contributed by atoms with Crippen molar-refractivity contribution in [2.24, 2.45) is 0 Å².